The molecule has 2 nitrogen and oxygen atoms in total. The minimum absolute atomic E-state index is 0.128. The average Bonchev–Trinajstić information content (AvgIpc) is 2.18. The van der Waals surface area contributed by atoms with E-state index in [9.17, 15) is 4.55 Å². The van der Waals surface area contributed by atoms with E-state index in [1.165, 1.54) is 32.1 Å². The Bertz CT molecular complexity index is 188. The van der Waals surface area contributed by atoms with Gasteiger partial charge in [0.25, 0.3) is 0 Å². The minimum Gasteiger partial charge on any atom is -0.598 e. The zero-order valence-corrected chi connectivity index (χ0v) is 11.3. The lowest BCUT2D eigenvalue weighted by atomic mass is 9.96. The van der Waals surface area contributed by atoms with Gasteiger partial charge >= 0.3 is 0 Å². The van der Waals surface area contributed by atoms with Crippen molar-refractivity contribution in [2.45, 2.75) is 70.6 Å². The molecule has 0 amide bonds. The normalized spacial score (nSPS) is 22.0. The Morgan fingerprint density at radius 2 is 1.73 bits per heavy atom. The SMILES string of the molecule is CC(C)C(C)(C)[S+]([O-])NC1CCCCC1. The highest BCUT2D eigenvalue weighted by atomic mass is 32.2. The van der Waals surface area contributed by atoms with Crippen molar-refractivity contribution in [3.8, 4) is 0 Å². The molecule has 0 bridgehead atoms. The van der Waals surface area contributed by atoms with Gasteiger partial charge in [0.1, 0.15) is 4.75 Å². The van der Waals surface area contributed by atoms with Crippen molar-refractivity contribution >= 4 is 11.4 Å². The Hall–Kier alpha value is 0.270. The number of hydrogen-bond donors (Lipinski definition) is 1. The fraction of sp³-hybridized carbons (Fsp3) is 1.00. The topological polar surface area (TPSA) is 35.1 Å². The summed E-state index contributed by atoms with van der Waals surface area (Å²) in [6.07, 6.45) is 6.31. The summed E-state index contributed by atoms with van der Waals surface area (Å²) in [5.74, 6) is 0.439. The Morgan fingerprint density at radius 1 is 1.20 bits per heavy atom. The number of rotatable bonds is 4. The molecule has 0 heterocycles. The maximum absolute atomic E-state index is 12.2. The molecule has 1 rings (SSSR count). The Balaban J connectivity index is 2.42. The van der Waals surface area contributed by atoms with Crippen molar-refractivity contribution < 1.29 is 4.55 Å². The molecule has 1 fully saturated rings. The molecule has 90 valence electrons. The molecule has 1 atom stereocenters. The molecule has 0 aliphatic heterocycles. The first-order chi connectivity index (χ1) is 6.94. The zero-order valence-electron chi connectivity index (χ0n) is 10.5. The van der Waals surface area contributed by atoms with Crippen LogP contribution in [-0.4, -0.2) is 15.3 Å². The molecule has 0 aromatic rings. The molecule has 0 aromatic carbocycles. The summed E-state index contributed by atoms with van der Waals surface area (Å²) in [5.41, 5.74) is 0. The largest absolute Gasteiger partial charge is 0.598 e. The van der Waals surface area contributed by atoms with Crippen LogP contribution in [0.15, 0.2) is 0 Å². The van der Waals surface area contributed by atoms with Gasteiger partial charge in [-0.3, -0.25) is 0 Å². The second-order valence-corrected chi connectivity index (χ2v) is 7.31. The molecule has 1 saturated carbocycles. The van der Waals surface area contributed by atoms with Gasteiger partial charge in [-0.05, 0) is 26.7 Å². The third-order valence-corrected chi connectivity index (χ3v) is 5.72. The summed E-state index contributed by atoms with van der Waals surface area (Å²) in [4.78, 5) is 0. The monoisotopic (exact) mass is 231 g/mol. The van der Waals surface area contributed by atoms with Crippen molar-refractivity contribution in [2.24, 2.45) is 5.92 Å². The van der Waals surface area contributed by atoms with Gasteiger partial charge in [-0.1, -0.05) is 33.1 Å². The molecule has 15 heavy (non-hydrogen) atoms. The van der Waals surface area contributed by atoms with Crippen LogP contribution in [0.3, 0.4) is 0 Å². The molecule has 1 aliphatic rings. The Kier molecular flexibility index (Phi) is 4.94. The van der Waals surface area contributed by atoms with Crippen molar-refractivity contribution in [3.63, 3.8) is 0 Å². The summed E-state index contributed by atoms with van der Waals surface area (Å²) in [5, 5.41) is 0. The fourth-order valence-corrected chi connectivity index (χ4v) is 3.01. The van der Waals surface area contributed by atoms with Crippen LogP contribution in [0.1, 0.15) is 59.8 Å². The molecule has 1 aliphatic carbocycles. The van der Waals surface area contributed by atoms with Gasteiger partial charge in [-0.2, -0.15) is 0 Å². The third-order valence-electron chi connectivity index (χ3n) is 3.75. The van der Waals surface area contributed by atoms with E-state index in [1.807, 2.05) is 0 Å². The smallest absolute Gasteiger partial charge is 0.141 e. The van der Waals surface area contributed by atoms with Crippen molar-refractivity contribution in [2.75, 3.05) is 0 Å². The minimum atomic E-state index is -0.908. The molecule has 1 N–H and O–H groups in total. The van der Waals surface area contributed by atoms with E-state index < -0.39 is 11.4 Å². The Labute approximate surface area is 97.5 Å². The maximum atomic E-state index is 12.2. The van der Waals surface area contributed by atoms with E-state index in [0.717, 1.165) is 0 Å². The van der Waals surface area contributed by atoms with E-state index in [-0.39, 0.29) is 4.75 Å². The van der Waals surface area contributed by atoms with E-state index in [1.54, 1.807) is 0 Å². The van der Waals surface area contributed by atoms with Crippen LogP contribution in [0.4, 0.5) is 0 Å². The van der Waals surface area contributed by atoms with Gasteiger partial charge < -0.3 is 4.55 Å². The van der Waals surface area contributed by atoms with Gasteiger partial charge in [0, 0.05) is 17.3 Å². The predicted octanol–water partition coefficient (Wildman–Crippen LogP) is 3.01. The van der Waals surface area contributed by atoms with Crippen LogP contribution >= 0.6 is 0 Å². The molecular formula is C12H25NOS. The summed E-state index contributed by atoms with van der Waals surface area (Å²) in [6, 6.07) is 0.484. The molecule has 3 heteroatoms. The summed E-state index contributed by atoms with van der Waals surface area (Å²) in [6.45, 7) is 8.45. The lowest BCUT2D eigenvalue weighted by Crippen LogP contribution is -2.49. The summed E-state index contributed by atoms with van der Waals surface area (Å²) in [7, 11) is 0. The molecule has 0 saturated heterocycles. The van der Waals surface area contributed by atoms with Crippen LogP contribution < -0.4 is 4.72 Å². The highest BCUT2D eigenvalue weighted by molar-refractivity contribution is 7.90. The number of hydrogen-bond acceptors (Lipinski definition) is 2. The fourth-order valence-electron chi connectivity index (χ4n) is 1.74. The highest BCUT2D eigenvalue weighted by Gasteiger charge is 2.37. The first-order valence-corrected chi connectivity index (χ1v) is 7.27. The molecule has 0 spiro atoms. The third kappa shape index (κ3) is 3.65. The van der Waals surface area contributed by atoms with E-state index in [0.29, 0.717) is 12.0 Å². The maximum Gasteiger partial charge on any atom is 0.141 e. The lowest BCUT2D eigenvalue weighted by Gasteiger charge is -2.34. The number of nitrogens with one attached hydrogen (secondary N) is 1. The first kappa shape index (κ1) is 13.3. The van der Waals surface area contributed by atoms with Gasteiger partial charge in [0.15, 0.2) is 0 Å². The second kappa shape index (κ2) is 5.55. The molecular weight excluding hydrogens is 206 g/mol. The van der Waals surface area contributed by atoms with Crippen molar-refractivity contribution in [1.29, 1.82) is 0 Å². The molecule has 0 radical (unpaired) electrons. The standard InChI is InChI=1S/C12H25NOS/c1-10(2)12(3,4)15(14)13-11-8-6-5-7-9-11/h10-11,13H,5-9H2,1-4H3. The van der Waals surface area contributed by atoms with Crippen molar-refractivity contribution in [1.82, 2.24) is 4.72 Å². The predicted molar refractivity (Wildman–Crippen MR) is 67.1 cm³/mol. The van der Waals surface area contributed by atoms with E-state index in [2.05, 4.69) is 32.4 Å². The summed E-state index contributed by atoms with van der Waals surface area (Å²) >= 11 is -0.908. The van der Waals surface area contributed by atoms with Gasteiger partial charge in [0.05, 0.1) is 6.04 Å². The van der Waals surface area contributed by atoms with Crippen molar-refractivity contribution in [3.05, 3.63) is 0 Å². The van der Waals surface area contributed by atoms with Gasteiger partial charge in [-0.25, -0.2) is 0 Å². The average molecular weight is 231 g/mol. The van der Waals surface area contributed by atoms with Crippen LogP contribution in [0, 0.1) is 5.92 Å². The highest BCUT2D eigenvalue weighted by Crippen LogP contribution is 2.27. The van der Waals surface area contributed by atoms with Gasteiger partial charge in [-0.15, -0.1) is 4.72 Å². The van der Waals surface area contributed by atoms with Gasteiger partial charge in [0.2, 0.25) is 0 Å². The van der Waals surface area contributed by atoms with E-state index in [4.69, 9.17) is 0 Å². The van der Waals surface area contributed by atoms with E-state index >= 15 is 0 Å². The molecule has 0 aromatic heterocycles. The second-order valence-electron chi connectivity index (χ2n) is 5.48. The van der Waals surface area contributed by atoms with Crippen LogP contribution in [0.2, 0.25) is 0 Å². The zero-order chi connectivity index (χ0) is 11.5. The van der Waals surface area contributed by atoms with Crippen LogP contribution in [0.25, 0.3) is 0 Å². The molecule has 1 unspecified atom stereocenters. The summed E-state index contributed by atoms with van der Waals surface area (Å²) < 4.78 is 15.4. The van der Waals surface area contributed by atoms with Crippen LogP contribution in [0.5, 0.6) is 0 Å². The first-order valence-electron chi connectivity index (χ1n) is 6.12. The quantitative estimate of drug-likeness (QED) is 0.755. The lowest BCUT2D eigenvalue weighted by molar-refractivity contribution is 0.393. The Morgan fingerprint density at radius 3 is 2.20 bits per heavy atom. The van der Waals surface area contributed by atoms with Crippen LogP contribution in [-0.2, 0) is 11.4 Å².